The number of benzene rings is 2. The van der Waals surface area contributed by atoms with Crippen LogP contribution in [0.4, 0.5) is 27.8 Å². The summed E-state index contributed by atoms with van der Waals surface area (Å²) in [6, 6.07) is 15.0. The highest BCUT2D eigenvalue weighted by Crippen LogP contribution is 2.30. The van der Waals surface area contributed by atoms with Crippen LogP contribution in [-0.2, 0) is 4.74 Å². The first-order valence-corrected chi connectivity index (χ1v) is 12.6. The predicted molar refractivity (Wildman–Crippen MR) is 144 cm³/mol. The van der Waals surface area contributed by atoms with Crippen LogP contribution in [0.5, 0.6) is 5.75 Å². The van der Waals surface area contributed by atoms with Crippen LogP contribution in [0.25, 0.3) is 11.3 Å². The van der Waals surface area contributed by atoms with Crippen molar-refractivity contribution in [2.45, 2.75) is 18.9 Å². The summed E-state index contributed by atoms with van der Waals surface area (Å²) in [6.07, 6.45) is 3.57. The maximum absolute atomic E-state index is 12.5. The molecular weight excluding hydrogens is 470 g/mol. The summed E-state index contributed by atoms with van der Waals surface area (Å²) < 4.78 is 11.5. The lowest BCUT2D eigenvalue weighted by atomic mass is 10.1. The van der Waals surface area contributed by atoms with Crippen LogP contribution < -0.4 is 21.1 Å². The number of anilines is 4. The SMILES string of the molecule is CN1CCN(C(=O)Nc2ccc(Nc3nccc(-c4ccc(OC5CCOCC5)c(N)c4)n3)cc2)CC1. The summed E-state index contributed by atoms with van der Waals surface area (Å²) in [6.45, 7) is 4.66. The number of rotatable bonds is 6. The molecule has 0 saturated carbocycles. The van der Waals surface area contributed by atoms with Gasteiger partial charge in [0, 0.05) is 62.2 Å². The van der Waals surface area contributed by atoms with Crippen molar-refractivity contribution >= 4 is 29.0 Å². The van der Waals surface area contributed by atoms with E-state index in [0.29, 0.717) is 30.6 Å². The summed E-state index contributed by atoms with van der Waals surface area (Å²) in [5.74, 6) is 1.15. The zero-order valence-corrected chi connectivity index (χ0v) is 21.0. The lowest BCUT2D eigenvalue weighted by Gasteiger charge is -2.32. The van der Waals surface area contributed by atoms with E-state index in [4.69, 9.17) is 15.2 Å². The standard InChI is InChI=1S/C27H33N7O3/c1-33-12-14-34(15-13-33)27(35)31-21-5-3-20(4-6-21)30-26-29-11-8-24(32-26)19-2-7-25(23(28)18-19)37-22-9-16-36-17-10-22/h2-8,11,18,22H,9-10,12-17,28H2,1H3,(H,31,35)(H,29,30,32). The Balaban J connectivity index is 1.20. The van der Waals surface area contributed by atoms with E-state index in [2.05, 4.69) is 32.5 Å². The highest BCUT2D eigenvalue weighted by molar-refractivity contribution is 5.89. The maximum atomic E-state index is 12.5. The van der Waals surface area contributed by atoms with Crippen LogP contribution in [0.15, 0.2) is 54.7 Å². The third-order valence-corrected chi connectivity index (χ3v) is 6.61. The predicted octanol–water partition coefficient (Wildman–Crippen LogP) is 3.81. The summed E-state index contributed by atoms with van der Waals surface area (Å²) >= 11 is 0. The minimum absolute atomic E-state index is 0.0757. The number of nitrogens with zero attached hydrogens (tertiary/aromatic N) is 4. The summed E-state index contributed by atoms with van der Waals surface area (Å²) in [5, 5.41) is 6.19. The zero-order chi connectivity index (χ0) is 25.6. The molecule has 0 unspecified atom stereocenters. The van der Waals surface area contributed by atoms with Gasteiger partial charge in [-0.3, -0.25) is 0 Å². The van der Waals surface area contributed by atoms with Crippen molar-refractivity contribution in [3.63, 3.8) is 0 Å². The molecule has 3 aromatic rings. The van der Waals surface area contributed by atoms with E-state index in [9.17, 15) is 4.79 Å². The molecule has 3 heterocycles. The van der Waals surface area contributed by atoms with Gasteiger partial charge in [0.15, 0.2) is 0 Å². The number of hydrogen-bond acceptors (Lipinski definition) is 8. The Morgan fingerprint density at radius 3 is 2.49 bits per heavy atom. The number of aromatic nitrogens is 2. The Labute approximate surface area is 216 Å². The topological polar surface area (TPSA) is 118 Å². The van der Waals surface area contributed by atoms with Crippen LogP contribution >= 0.6 is 0 Å². The Morgan fingerprint density at radius 1 is 1.03 bits per heavy atom. The molecule has 0 bridgehead atoms. The molecule has 2 aromatic carbocycles. The second-order valence-electron chi connectivity index (χ2n) is 9.37. The molecule has 4 N–H and O–H groups in total. The fraction of sp³-hybridized carbons (Fsp3) is 0.370. The van der Waals surface area contributed by atoms with Crippen molar-refractivity contribution in [3.05, 3.63) is 54.7 Å². The van der Waals surface area contributed by atoms with Crippen molar-refractivity contribution in [2.75, 3.05) is 62.8 Å². The van der Waals surface area contributed by atoms with E-state index in [1.807, 2.05) is 53.4 Å². The number of urea groups is 1. The van der Waals surface area contributed by atoms with Crippen LogP contribution in [0.1, 0.15) is 12.8 Å². The fourth-order valence-corrected chi connectivity index (χ4v) is 4.35. The van der Waals surface area contributed by atoms with E-state index in [1.54, 1.807) is 6.20 Å². The number of carbonyl (C=O) groups excluding carboxylic acids is 1. The van der Waals surface area contributed by atoms with Gasteiger partial charge in [-0.2, -0.15) is 0 Å². The molecule has 2 saturated heterocycles. The molecule has 2 amide bonds. The van der Waals surface area contributed by atoms with E-state index < -0.39 is 0 Å². The summed E-state index contributed by atoms with van der Waals surface area (Å²) in [7, 11) is 2.07. The molecule has 0 aliphatic carbocycles. The number of ether oxygens (including phenoxy) is 2. The lowest BCUT2D eigenvalue weighted by Crippen LogP contribution is -2.48. The quantitative estimate of drug-likeness (QED) is 0.435. The van der Waals surface area contributed by atoms with E-state index in [-0.39, 0.29) is 12.1 Å². The maximum Gasteiger partial charge on any atom is 0.321 e. The van der Waals surface area contributed by atoms with Gasteiger partial charge in [0.1, 0.15) is 11.9 Å². The van der Waals surface area contributed by atoms with Crippen LogP contribution in [0.3, 0.4) is 0 Å². The van der Waals surface area contributed by atoms with E-state index in [0.717, 1.165) is 61.7 Å². The molecule has 10 heteroatoms. The van der Waals surface area contributed by atoms with Gasteiger partial charge >= 0.3 is 6.03 Å². The van der Waals surface area contributed by atoms with Crippen molar-refractivity contribution in [1.82, 2.24) is 19.8 Å². The first kappa shape index (κ1) is 24.8. The minimum Gasteiger partial charge on any atom is -0.488 e. The van der Waals surface area contributed by atoms with Gasteiger partial charge < -0.3 is 35.6 Å². The zero-order valence-electron chi connectivity index (χ0n) is 21.0. The summed E-state index contributed by atoms with van der Waals surface area (Å²) in [4.78, 5) is 25.6. The van der Waals surface area contributed by atoms with Crippen LogP contribution in [0, 0.1) is 0 Å². The number of nitrogen functional groups attached to an aromatic ring is 1. The fourth-order valence-electron chi connectivity index (χ4n) is 4.35. The molecule has 5 rings (SSSR count). The average molecular weight is 504 g/mol. The number of nitrogens with two attached hydrogens (primary N) is 1. The molecule has 2 aliphatic rings. The van der Waals surface area contributed by atoms with Crippen LogP contribution in [-0.4, -0.2) is 78.3 Å². The Bertz CT molecular complexity index is 1210. The van der Waals surface area contributed by atoms with Gasteiger partial charge in [-0.05, 0) is 55.6 Å². The molecule has 2 aliphatic heterocycles. The Kier molecular flexibility index (Phi) is 7.67. The van der Waals surface area contributed by atoms with E-state index in [1.165, 1.54) is 0 Å². The molecule has 10 nitrogen and oxygen atoms in total. The molecule has 1 aromatic heterocycles. The number of nitrogens with one attached hydrogen (secondary N) is 2. The van der Waals surface area contributed by atoms with Gasteiger partial charge in [0.25, 0.3) is 0 Å². The van der Waals surface area contributed by atoms with Gasteiger partial charge in [0.2, 0.25) is 5.95 Å². The first-order valence-electron chi connectivity index (χ1n) is 12.6. The highest BCUT2D eigenvalue weighted by atomic mass is 16.5. The number of carbonyl (C=O) groups is 1. The smallest absolute Gasteiger partial charge is 0.321 e. The molecule has 2 fully saturated rings. The lowest BCUT2D eigenvalue weighted by molar-refractivity contribution is 0.0259. The van der Waals surface area contributed by atoms with Crippen molar-refractivity contribution < 1.29 is 14.3 Å². The van der Waals surface area contributed by atoms with Gasteiger partial charge in [0.05, 0.1) is 24.6 Å². The van der Waals surface area contributed by atoms with Crippen LogP contribution in [0.2, 0.25) is 0 Å². The Morgan fingerprint density at radius 2 is 1.76 bits per heavy atom. The largest absolute Gasteiger partial charge is 0.488 e. The molecule has 0 radical (unpaired) electrons. The van der Waals surface area contributed by atoms with E-state index >= 15 is 0 Å². The second kappa shape index (κ2) is 11.4. The Hall–Kier alpha value is -3.89. The first-order chi connectivity index (χ1) is 18.0. The number of amides is 2. The third-order valence-electron chi connectivity index (χ3n) is 6.61. The third kappa shape index (κ3) is 6.46. The highest BCUT2D eigenvalue weighted by Gasteiger charge is 2.19. The summed E-state index contributed by atoms with van der Waals surface area (Å²) in [5.41, 5.74) is 10.0. The molecular formula is C27H33N7O3. The van der Waals surface area contributed by atoms with Crippen molar-refractivity contribution in [3.8, 4) is 17.0 Å². The van der Waals surface area contributed by atoms with Gasteiger partial charge in [-0.1, -0.05) is 0 Å². The monoisotopic (exact) mass is 503 g/mol. The normalized spacial score (nSPS) is 16.8. The second-order valence-corrected chi connectivity index (χ2v) is 9.37. The van der Waals surface area contributed by atoms with Gasteiger partial charge in [-0.15, -0.1) is 0 Å². The van der Waals surface area contributed by atoms with Crippen molar-refractivity contribution in [2.24, 2.45) is 0 Å². The molecule has 0 spiro atoms. The number of likely N-dealkylation sites (N-methyl/N-ethyl adjacent to an activating group) is 1. The molecule has 0 atom stereocenters. The minimum atomic E-state index is -0.0757. The van der Waals surface area contributed by atoms with Crippen molar-refractivity contribution in [1.29, 1.82) is 0 Å². The van der Waals surface area contributed by atoms with Gasteiger partial charge in [-0.25, -0.2) is 14.8 Å². The number of piperazine rings is 1. The molecule has 194 valence electrons. The molecule has 37 heavy (non-hydrogen) atoms. The average Bonchev–Trinajstić information content (AvgIpc) is 2.92. The number of hydrogen-bond donors (Lipinski definition) is 3.